The van der Waals surface area contributed by atoms with Crippen molar-refractivity contribution in [2.75, 3.05) is 26.7 Å². The fourth-order valence-electron chi connectivity index (χ4n) is 2.67. The van der Waals surface area contributed by atoms with E-state index in [4.69, 9.17) is 16.7 Å². The standard InChI is InChI=1S/C14H19ClFN3O2/c1-19-6-4-12(18-14(21)17-5-7-20)13(19)9-2-3-10(15)11(16)8-9/h2-3,8,12-13,20H,4-7H2,1H3,(H2,17,18,21). The summed E-state index contributed by atoms with van der Waals surface area (Å²) in [6.07, 6.45) is 0.776. The molecule has 2 rings (SSSR count). The van der Waals surface area contributed by atoms with E-state index in [1.54, 1.807) is 6.07 Å². The van der Waals surface area contributed by atoms with Gasteiger partial charge in [-0.1, -0.05) is 17.7 Å². The molecule has 1 aliphatic heterocycles. The SMILES string of the molecule is CN1CCC(NC(=O)NCCO)C1c1ccc(Cl)c(F)c1. The molecule has 2 atom stereocenters. The summed E-state index contributed by atoms with van der Waals surface area (Å²) in [7, 11) is 1.94. The van der Waals surface area contributed by atoms with Gasteiger partial charge in [-0.05, 0) is 31.2 Å². The first kappa shape index (κ1) is 16.0. The van der Waals surface area contributed by atoms with Gasteiger partial charge >= 0.3 is 6.03 Å². The van der Waals surface area contributed by atoms with Crippen molar-refractivity contribution in [3.8, 4) is 0 Å². The van der Waals surface area contributed by atoms with Crippen molar-refractivity contribution in [3.63, 3.8) is 0 Å². The second-order valence-electron chi connectivity index (χ2n) is 5.12. The number of amides is 2. The molecule has 0 aromatic heterocycles. The van der Waals surface area contributed by atoms with Crippen LogP contribution in [0.4, 0.5) is 9.18 Å². The van der Waals surface area contributed by atoms with Crippen molar-refractivity contribution < 1.29 is 14.3 Å². The van der Waals surface area contributed by atoms with Crippen LogP contribution in [0.15, 0.2) is 18.2 Å². The van der Waals surface area contributed by atoms with E-state index in [1.807, 2.05) is 7.05 Å². The third-order valence-corrected chi connectivity index (χ3v) is 3.95. The summed E-state index contributed by atoms with van der Waals surface area (Å²) in [5.41, 5.74) is 0.782. The molecule has 1 fully saturated rings. The number of carbonyl (C=O) groups is 1. The number of halogens is 2. The van der Waals surface area contributed by atoms with Crippen molar-refractivity contribution >= 4 is 17.6 Å². The summed E-state index contributed by atoms with van der Waals surface area (Å²) in [5, 5.41) is 14.2. The molecular weight excluding hydrogens is 297 g/mol. The summed E-state index contributed by atoms with van der Waals surface area (Å²) in [4.78, 5) is 13.8. The molecule has 0 spiro atoms. The highest BCUT2D eigenvalue weighted by atomic mass is 35.5. The third-order valence-electron chi connectivity index (χ3n) is 3.65. The fraction of sp³-hybridized carbons (Fsp3) is 0.500. The molecule has 5 nitrogen and oxygen atoms in total. The predicted molar refractivity (Wildman–Crippen MR) is 78.8 cm³/mol. The van der Waals surface area contributed by atoms with Crippen LogP contribution in [0.5, 0.6) is 0 Å². The summed E-state index contributed by atoms with van der Waals surface area (Å²) < 4.78 is 13.6. The Bertz CT molecular complexity index is 515. The second-order valence-corrected chi connectivity index (χ2v) is 5.53. The van der Waals surface area contributed by atoms with Crippen LogP contribution in [0.25, 0.3) is 0 Å². The fourth-order valence-corrected chi connectivity index (χ4v) is 2.79. The van der Waals surface area contributed by atoms with Crippen LogP contribution in [-0.4, -0.2) is 48.8 Å². The van der Waals surface area contributed by atoms with Crippen molar-refractivity contribution in [1.82, 2.24) is 15.5 Å². The van der Waals surface area contributed by atoms with E-state index < -0.39 is 5.82 Å². The average Bonchev–Trinajstić information content (AvgIpc) is 2.80. The molecule has 1 heterocycles. The quantitative estimate of drug-likeness (QED) is 0.789. The maximum atomic E-state index is 13.6. The monoisotopic (exact) mass is 315 g/mol. The maximum absolute atomic E-state index is 13.6. The van der Waals surface area contributed by atoms with Crippen molar-refractivity contribution in [2.45, 2.75) is 18.5 Å². The summed E-state index contributed by atoms with van der Waals surface area (Å²) in [5.74, 6) is -0.460. The van der Waals surface area contributed by atoms with E-state index in [0.29, 0.717) is 0 Å². The van der Waals surface area contributed by atoms with Crippen molar-refractivity contribution in [2.24, 2.45) is 0 Å². The van der Waals surface area contributed by atoms with E-state index in [-0.39, 0.29) is 36.3 Å². The molecule has 116 valence electrons. The Hall–Kier alpha value is -1.37. The Morgan fingerprint density at radius 3 is 3.00 bits per heavy atom. The molecule has 2 amide bonds. The molecule has 1 saturated heterocycles. The van der Waals surface area contributed by atoms with Gasteiger partial charge in [0.2, 0.25) is 0 Å². The van der Waals surface area contributed by atoms with Crippen LogP contribution in [0.3, 0.4) is 0 Å². The van der Waals surface area contributed by atoms with Gasteiger partial charge in [-0.25, -0.2) is 9.18 Å². The number of likely N-dealkylation sites (tertiary alicyclic amines) is 1. The van der Waals surface area contributed by atoms with Gasteiger partial charge in [0.05, 0.1) is 23.7 Å². The zero-order valence-corrected chi connectivity index (χ0v) is 12.5. The number of hydrogen-bond acceptors (Lipinski definition) is 3. The Morgan fingerprint density at radius 2 is 2.33 bits per heavy atom. The number of aliphatic hydroxyl groups excluding tert-OH is 1. The maximum Gasteiger partial charge on any atom is 0.315 e. The molecule has 0 aliphatic carbocycles. The summed E-state index contributed by atoms with van der Waals surface area (Å²) in [6.45, 7) is 0.901. The van der Waals surface area contributed by atoms with Crippen LogP contribution in [0, 0.1) is 5.82 Å². The minimum absolute atomic E-state index is 0.0876. The van der Waals surface area contributed by atoms with E-state index in [0.717, 1.165) is 18.5 Å². The number of likely N-dealkylation sites (N-methyl/N-ethyl adjacent to an activating group) is 1. The van der Waals surface area contributed by atoms with Gasteiger partial charge in [0.1, 0.15) is 5.82 Å². The number of nitrogens with one attached hydrogen (secondary N) is 2. The predicted octanol–water partition coefficient (Wildman–Crippen LogP) is 1.52. The molecule has 1 aromatic carbocycles. The molecular formula is C14H19ClFN3O2. The molecule has 21 heavy (non-hydrogen) atoms. The lowest BCUT2D eigenvalue weighted by molar-refractivity contribution is 0.224. The van der Waals surface area contributed by atoms with Gasteiger partial charge in [0.15, 0.2) is 0 Å². The molecule has 0 radical (unpaired) electrons. The summed E-state index contributed by atoms with van der Waals surface area (Å²) in [6, 6.07) is 4.17. The number of rotatable bonds is 4. The first-order valence-electron chi connectivity index (χ1n) is 6.83. The van der Waals surface area contributed by atoms with E-state index in [9.17, 15) is 9.18 Å². The van der Waals surface area contributed by atoms with E-state index in [2.05, 4.69) is 15.5 Å². The third kappa shape index (κ3) is 3.84. The van der Waals surface area contributed by atoms with Gasteiger partial charge in [0, 0.05) is 13.1 Å². The van der Waals surface area contributed by atoms with Gasteiger partial charge in [-0.2, -0.15) is 0 Å². The lowest BCUT2D eigenvalue weighted by Crippen LogP contribution is -2.45. The lowest BCUT2D eigenvalue weighted by Gasteiger charge is -2.26. The van der Waals surface area contributed by atoms with Crippen molar-refractivity contribution in [3.05, 3.63) is 34.6 Å². The minimum atomic E-state index is -0.460. The molecule has 3 N–H and O–H groups in total. The zero-order valence-electron chi connectivity index (χ0n) is 11.8. The highest BCUT2D eigenvalue weighted by molar-refractivity contribution is 6.30. The Balaban J connectivity index is 2.11. The van der Waals surface area contributed by atoms with Gasteiger partial charge in [-0.15, -0.1) is 0 Å². The summed E-state index contributed by atoms with van der Waals surface area (Å²) >= 11 is 5.71. The Morgan fingerprint density at radius 1 is 1.57 bits per heavy atom. The highest BCUT2D eigenvalue weighted by Gasteiger charge is 2.34. The molecule has 0 saturated carbocycles. The van der Waals surface area contributed by atoms with Gasteiger partial charge < -0.3 is 15.7 Å². The number of hydrogen-bond donors (Lipinski definition) is 3. The van der Waals surface area contributed by atoms with Gasteiger partial charge in [-0.3, -0.25) is 4.90 Å². The first-order valence-corrected chi connectivity index (χ1v) is 7.21. The number of aliphatic hydroxyl groups is 1. The Labute approximate surface area is 128 Å². The normalized spacial score (nSPS) is 22.3. The van der Waals surface area contributed by atoms with E-state index in [1.165, 1.54) is 12.1 Å². The average molecular weight is 316 g/mol. The number of benzene rings is 1. The minimum Gasteiger partial charge on any atom is -0.395 e. The van der Waals surface area contributed by atoms with Crippen molar-refractivity contribution in [1.29, 1.82) is 0 Å². The molecule has 1 aromatic rings. The molecule has 1 aliphatic rings. The molecule has 2 unspecified atom stereocenters. The molecule has 7 heteroatoms. The second kappa shape index (κ2) is 7.06. The van der Waals surface area contributed by atoms with Gasteiger partial charge in [0.25, 0.3) is 0 Å². The van der Waals surface area contributed by atoms with Crippen LogP contribution in [0.2, 0.25) is 5.02 Å². The van der Waals surface area contributed by atoms with E-state index >= 15 is 0 Å². The number of carbonyl (C=O) groups excluding carboxylic acids is 1. The van der Waals surface area contributed by atoms with Crippen LogP contribution in [0.1, 0.15) is 18.0 Å². The topological polar surface area (TPSA) is 64.6 Å². The van der Waals surface area contributed by atoms with Crippen LogP contribution < -0.4 is 10.6 Å². The smallest absolute Gasteiger partial charge is 0.315 e. The lowest BCUT2D eigenvalue weighted by atomic mass is 10.00. The Kier molecular flexibility index (Phi) is 5.39. The zero-order chi connectivity index (χ0) is 15.4. The van der Waals surface area contributed by atoms with Crippen LogP contribution >= 0.6 is 11.6 Å². The van der Waals surface area contributed by atoms with Crippen LogP contribution in [-0.2, 0) is 0 Å². The number of nitrogens with zero attached hydrogens (tertiary/aromatic N) is 1. The first-order chi connectivity index (χ1) is 10.0. The highest BCUT2D eigenvalue weighted by Crippen LogP contribution is 2.32. The largest absolute Gasteiger partial charge is 0.395 e. The number of urea groups is 1. The molecule has 0 bridgehead atoms.